The maximum atomic E-state index is 11.5. The summed E-state index contributed by atoms with van der Waals surface area (Å²) in [6, 6.07) is 0. The van der Waals surface area contributed by atoms with Gasteiger partial charge in [-0.05, 0) is 26.3 Å². The lowest BCUT2D eigenvalue weighted by molar-refractivity contribution is -0.146. The summed E-state index contributed by atoms with van der Waals surface area (Å²) in [4.78, 5) is 13.7. The summed E-state index contributed by atoms with van der Waals surface area (Å²) >= 11 is 0. The molecule has 0 aromatic rings. The normalized spacial score (nSPS) is 27.2. The molecule has 1 saturated heterocycles. The Morgan fingerprint density at radius 1 is 1.26 bits per heavy atom. The topological polar surface area (TPSA) is 74.0 Å². The molecule has 1 fully saturated rings. The first-order valence-corrected chi connectivity index (χ1v) is 6.60. The number of likely N-dealkylation sites (tertiary alicyclic amines) is 1. The standard InChI is InChI=1S/C13H26N2O4/c1-13(14,12(16)19-4)6-5-7-15-8-10(17-2)11(9-15)18-3/h10-11H,5-9,14H2,1-4H3. The van der Waals surface area contributed by atoms with Crippen molar-refractivity contribution in [3.05, 3.63) is 0 Å². The summed E-state index contributed by atoms with van der Waals surface area (Å²) in [5, 5.41) is 0. The van der Waals surface area contributed by atoms with E-state index in [1.54, 1.807) is 21.1 Å². The van der Waals surface area contributed by atoms with E-state index in [0.29, 0.717) is 6.42 Å². The Bertz CT molecular complexity index is 284. The van der Waals surface area contributed by atoms with Crippen molar-refractivity contribution in [2.45, 2.75) is 37.5 Å². The molecular weight excluding hydrogens is 248 g/mol. The van der Waals surface area contributed by atoms with Crippen LogP contribution >= 0.6 is 0 Å². The number of carbonyl (C=O) groups is 1. The fourth-order valence-electron chi connectivity index (χ4n) is 2.46. The van der Waals surface area contributed by atoms with Crippen LogP contribution in [0.25, 0.3) is 0 Å². The number of carbonyl (C=O) groups excluding carboxylic acids is 1. The van der Waals surface area contributed by atoms with E-state index < -0.39 is 5.54 Å². The molecule has 1 aliphatic rings. The third-order valence-electron chi connectivity index (χ3n) is 3.72. The van der Waals surface area contributed by atoms with Crippen molar-refractivity contribution in [3.8, 4) is 0 Å². The van der Waals surface area contributed by atoms with Gasteiger partial charge in [0.25, 0.3) is 0 Å². The minimum atomic E-state index is -0.907. The lowest BCUT2D eigenvalue weighted by Crippen LogP contribution is -2.46. The molecule has 112 valence electrons. The van der Waals surface area contributed by atoms with Crippen molar-refractivity contribution >= 4 is 5.97 Å². The molecule has 0 bridgehead atoms. The van der Waals surface area contributed by atoms with Crippen molar-refractivity contribution in [2.24, 2.45) is 5.73 Å². The molecular formula is C13H26N2O4. The molecule has 0 aromatic heterocycles. The number of methoxy groups -OCH3 is 3. The number of hydrogen-bond acceptors (Lipinski definition) is 6. The molecule has 1 heterocycles. The molecule has 6 heteroatoms. The zero-order valence-corrected chi connectivity index (χ0v) is 12.3. The molecule has 0 radical (unpaired) electrons. The lowest BCUT2D eigenvalue weighted by Gasteiger charge is -2.23. The van der Waals surface area contributed by atoms with Crippen LogP contribution in [0, 0.1) is 0 Å². The summed E-state index contributed by atoms with van der Waals surface area (Å²) in [6.45, 7) is 4.30. The molecule has 19 heavy (non-hydrogen) atoms. The first-order chi connectivity index (χ1) is 8.94. The Labute approximate surface area is 115 Å². The highest BCUT2D eigenvalue weighted by Crippen LogP contribution is 2.18. The van der Waals surface area contributed by atoms with Crippen LogP contribution in [-0.4, -0.2) is 69.6 Å². The summed E-state index contributed by atoms with van der Waals surface area (Å²) < 4.78 is 15.5. The predicted octanol–water partition coefficient (Wildman–Crippen LogP) is 0.00260. The zero-order valence-electron chi connectivity index (χ0n) is 12.3. The molecule has 1 rings (SSSR count). The van der Waals surface area contributed by atoms with Gasteiger partial charge < -0.3 is 19.9 Å². The van der Waals surface area contributed by atoms with Gasteiger partial charge in [-0.25, -0.2) is 0 Å². The van der Waals surface area contributed by atoms with Crippen molar-refractivity contribution in [1.82, 2.24) is 4.90 Å². The quantitative estimate of drug-likeness (QED) is 0.659. The number of nitrogens with zero attached hydrogens (tertiary/aromatic N) is 1. The van der Waals surface area contributed by atoms with E-state index in [1.165, 1.54) is 7.11 Å². The number of rotatable bonds is 7. The minimum Gasteiger partial charge on any atom is -0.468 e. The van der Waals surface area contributed by atoms with E-state index in [9.17, 15) is 4.79 Å². The van der Waals surface area contributed by atoms with Crippen LogP contribution in [0.4, 0.5) is 0 Å². The van der Waals surface area contributed by atoms with Gasteiger partial charge in [-0.3, -0.25) is 9.69 Å². The van der Waals surface area contributed by atoms with Gasteiger partial charge in [0.1, 0.15) is 5.54 Å². The average molecular weight is 274 g/mol. The van der Waals surface area contributed by atoms with Crippen LogP contribution in [0.5, 0.6) is 0 Å². The second-order valence-electron chi connectivity index (χ2n) is 5.32. The molecule has 0 aromatic carbocycles. The second kappa shape index (κ2) is 7.19. The summed E-state index contributed by atoms with van der Waals surface area (Å²) in [5.74, 6) is -0.363. The third kappa shape index (κ3) is 4.42. The maximum absolute atomic E-state index is 11.5. The van der Waals surface area contributed by atoms with Gasteiger partial charge in [-0.1, -0.05) is 0 Å². The van der Waals surface area contributed by atoms with Crippen LogP contribution in [0.1, 0.15) is 19.8 Å². The molecule has 3 atom stereocenters. The Morgan fingerprint density at radius 3 is 2.21 bits per heavy atom. The van der Waals surface area contributed by atoms with Crippen LogP contribution in [0.2, 0.25) is 0 Å². The molecule has 6 nitrogen and oxygen atoms in total. The lowest BCUT2D eigenvalue weighted by atomic mass is 9.97. The van der Waals surface area contributed by atoms with Gasteiger partial charge in [-0.2, -0.15) is 0 Å². The fourth-order valence-corrected chi connectivity index (χ4v) is 2.46. The summed E-state index contributed by atoms with van der Waals surface area (Å²) in [5.41, 5.74) is 5.01. The molecule has 1 aliphatic heterocycles. The van der Waals surface area contributed by atoms with Crippen LogP contribution in [0.3, 0.4) is 0 Å². The van der Waals surface area contributed by atoms with Gasteiger partial charge in [0.05, 0.1) is 19.3 Å². The smallest absolute Gasteiger partial charge is 0.325 e. The number of nitrogens with two attached hydrogens (primary N) is 1. The van der Waals surface area contributed by atoms with E-state index >= 15 is 0 Å². The molecule has 0 spiro atoms. The largest absolute Gasteiger partial charge is 0.468 e. The number of esters is 1. The van der Waals surface area contributed by atoms with Crippen molar-refractivity contribution in [3.63, 3.8) is 0 Å². The summed E-state index contributed by atoms with van der Waals surface area (Å²) in [6.07, 6.45) is 1.69. The third-order valence-corrected chi connectivity index (χ3v) is 3.72. The molecule has 0 amide bonds. The second-order valence-corrected chi connectivity index (χ2v) is 5.32. The first kappa shape index (κ1) is 16.4. The SMILES string of the molecule is COC(=O)C(C)(N)CCCN1CC(OC)C(OC)C1. The number of hydrogen-bond donors (Lipinski definition) is 1. The van der Waals surface area contributed by atoms with E-state index in [1.807, 2.05) is 0 Å². The van der Waals surface area contributed by atoms with Gasteiger partial charge >= 0.3 is 5.97 Å². The monoisotopic (exact) mass is 274 g/mol. The van der Waals surface area contributed by atoms with Gasteiger partial charge in [0.2, 0.25) is 0 Å². The van der Waals surface area contributed by atoms with E-state index in [2.05, 4.69) is 9.64 Å². The molecule has 3 unspecified atom stereocenters. The Balaban J connectivity index is 2.33. The summed E-state index contributed by atoms with van der Waals surface area (Å²) in [7, 11) is 4.77. The average Bonchev–Trinajstić information content (AvgIpc) is 2.79. The zero-order chi connectivity index (χ0) is 14.5. The predicted molar refractivity (Wildman–Crippen MR) is 71.9 cm³/mol. The van der Waals surface area contributed by atoms with Crippen molar-refractivity contribution in [2.75, 3.05) is 41.0 Å². The molecule has 2 N–H and O–H groups in total. The number of ether oxygens (including phenoxy) is 3. The highest BCUT2D eigenvalue weighted by molar-refractivity contribution is 5.79. The van der Waals surface area contributed by atoms with Crippen molar-refractivity contribution < 1.29 is 19.0 Å². The van der Waals surface area contributed by atoms with Gasteiger partial charge in [0, 0.05) is 27.3 Å². The van der Waals surface area contributed by atoms with Gasteiger partial charge in [0.15, 0.2) is 0 Å². The highest BCUT2D eigenvalue weighted by Gasteiger charge is 2.33. The minimum absolute atomic E-state index is 0.120. The Hall–Kier alpha value is -0.690. The first-order valence-electron chi connectivity index (χ1n) is 6.60. The van der Waals surface area contributed by atoms with E-state index in [4.69, 9.17) is 15.2 Å². The van der Waals surface area contributed by atoms with E-state index in [0.717, 1.165) is 26.1 Å². The van der Waals surface area contributed by atoms with Crippen LogP contribution in [-0.2, 0) is 19.0 Å². The van der Waals surface area contributed by atoms with Crippen LogP contribution in [0.15, 0.2) is 0 Å². The fraction of sp³-hybridized carbons (Fsp3) is 0.923. The highest BCUT2D eigenvalue weighted by atomic mass is 16.5. The molecule has 0 saturated carbocycles. The van der Waals surface area contributed by atoms with Crippen LogP contribution < -0.4 is 5.73 Å². The Morgan fingerprint density at radius 2 is 1.79 bits per heavy atom. The van der Waals surface area contributed by atoms with Gasteiger partial charge in [-0.15, -0.1) is 0 Å². The Kier molecular flexibility index (Phi) is 6.19. The maximum Gasteiger partial charge on any atom is 0.325 e. The van der Waals surface area contributed by atoms with Crippen molar-refractivity contribution in [1.29, 1.82) is 0 Å². The molecule has 0 aliphatic carbocycles. The van der Waals surface area contributed by atoms with E-state index in [-0.39, 0.29) is 18.2 Å².